The van der Waals surface area contributed by atoms with Crippen molar-refractivity contribution in [3.8, 4) is 0 Å². The van der Waals surface area contributed by atoms with Gasteiger partial charge in [-0.25, -0.2) is 24.3 Å². The monoisotopic (exact) mass is 356 g/mol. The van der Waals surface area contributed by atoms with Gasteiger partial charge < -0.3 is 9.80 Å². The number of halogens is 1. The largest absolute Gasteiger partial charge is 0.357 e. The highest BCUT2D eigenvalue weighted by Crippen LogP contribution is 2.29. The molecule has 1 saturated heterocycles. The van der Waals surface area contributed by atoms with Crippen LogP contribution in [0.1, 0.15) is 36.9 Å². The number of aromatic nitrogens is 4. The Balaban J connectivity index is 1.55. The zero-order chi connectivity index (χ0) is 17.9. The number of anilines is 2. The molecular weight excluding hydrogens is 331 g/mol. The summed E-state index contributed by atoms with van der Waals surface area (Å²) in [5.74, 6) is 1.79. The summed E-state index contributed by atoms with van der Waals surface area (Å²) in [6.07, 6.45) is 10.3. The molecule has 138 valence electrons. The molecule has 1 aliphatic heterocycles. The summed E-state index contributed by atoms with van der Waals surface area (Å²) in [4.78, 5) is 21.6. The quantitative estimate of drug-likeness (QED) is 0.785. The van der Waals surface area contributed by atoms with Gasteiger partial charge in [0.05, 0.1) is 12.6 Å². The molecule has 2 atom stereocenters. The molecule has 0 unspecified atom stereocenters. The topological polar surface area (TPSA) is 58.0 Å². The molecule has 7 heteroatoms. The first-order chi connectivity index (χ1) is 12.7. The zero-order valence-electron chi connectivity index (χ0n) is 15.2. The molecule has 4 rings (SSSR count). The molecule has 0 saturated carbocycles. The maximum Gasteiger partial charge on any atom is 0.135 e. The lowest BCUT2D eigenvalue weighted by Gasteiger charge is -2.30. The van der Waals surface area contributed by atoms with Crippen LogP contribution in [0.25, 0.3) is 0 Å². The predicted octanol–water partition coefficient (Wildman–Crippen LogP) is 2.59. The number of likely N-dealkylation sites (N-methyl/N-ethyl adjacent to an activating group) is 1. The minimum atomic E-state index is -0.828. The molecule has 2 aromatic rings. The Morgan fingerprint density at radius 3 is 2.88 bits per heavy atom. The van der Waals surface area contributed by atoms with E-state index in [2.05, 4.69) is 36.8 Å². The summed E-state index contributed by atoms with van der Waals surface area (Å²) in [6.45, 7) is 1.10. The second-order valence-corrected chi connectivity index (χ2v) is 7.27. The van der Waals surface area contributed by atoms with Gasteiger partial charge in [-0.2, -0.15) is 0 Å². The molecule has 1 fully saturated rings. The van der Waals surface area contributed by atoms with Gasteiger partial charge in [-0.05, 0) is 31.7 Å². The van der Waals surface area contributed by atoms with E-state index in [1.807, 2.05) is 6.07 Å². The highest BCUT2D eigenvalue weighted by atomic mass is 19.1. The van der Waals surface area contributed by atoms with Crippen LogP contribution in [-0.4, -0.2) is 52.3 Å². The summed E-state index contributed by atoms with van der Waals surface area (Å²) in [6, 6.07) is 1.92. The maximum atomic E-state index is 14.2. The van der Waals surface area contributed by atoms with Crippen molar-refractivity contribution in [2.24, 2.45) is 0 Å². The predicted molar refractivity (Wildman–Crippen MR) is 99.2 cm³/mol. The van der Waals surface area contributed by atoms with Crippen LogP contribution in [0.4, 0.5) is 16.0 Å². The highest BCUT2D eigenvalue weighted by molar-refractivity contribution is 5.50. The third kappa shape index (κ3) is 3.48. The Morgan fingerprint density at radius 2 is 2.04 bits per heavy atom. The lowest BCUT2D eigenvalue weighted by atomic mass is 10.1. The molecular formula is C19H25FN6. The van der Waals surface area contributed by atoms with Crippen LogP contribution in [0.2, 0.25) is 0 Å². The molecule has 2 aromatic heterocycles. The Labute approximate surface area is 153 Å². The van der Waals surface area contributed by atoms with Gasteiger partial charge in [-0.15, -0.1) is 0 Å². The van der Waals surface area contributed by atoms with Crippen molar-refractivity contribution in [3.05, 3.63) is 36.2 Å². The summed E-state index contributed by atoms with van der Waals surface area (Å²) in [5.41, 5.74) is 2.46. The van der Waals surface area contributed by atoms with Crippen LogP contribution in [-0.2, 0) is 12.8 Å². The minimum absolute atomic E-state index is 0.0706. The lowest BCUT2D eigenvalue weighted by Crippen LogP contribution is -2.40. The Kier molecular flexibility index (Phi) is 4.95. The SMILES string of the molecule is CN(C[C@@H]1C[C@H](F)CN1c1ccncn1)c1ncnc2c1CCCCC2. The minimum Gasteiger partial charge on any atom is -0.357 e. The van der Waals surface area contributed by atoms with Crippen molar-refractivity contribution in [3.63, 3.8) is 0 Å². The molecule has 0 aromatic carbocycles. The smallest absolute Gasteiger partial charge is 0.135 e. The fourth-order valence-corrected chi connectivity index (χ4v) is 4.18. The standard InChI is InChI=1S/C19H25FN6/c1-25(19-16-5-3-2-4-6-17(16)22-13-24-19)11-15-9-14(20)10-26(15)18-7-8-21-12-23-18/h7-8,12-15H,2-6,9-11H2,1H3/t14-,15-/m0/s1. The number of hydrogen-bond acceptors (Lipinski definition) is 6. The van der Waals surface area contributed by atoms with Gasteiger partial charge in [0.25, 0.3) is 0 Å². The molecule has 0 radical (unpaired) electrons. The van der Waals surface area contributed by atoms with E-state index in [4.69, 9.17) is 0 Å². The number of rotatable bonds is 4. The molecule has 0 N–H and O–H groups in total. The van der Waals surface area contributed by atoms with Gasteiger partial charge in [0.15, 0.2) is 0 Å². The second kappa shape index (κ2) is 7.51. The molecule has 0 spiro atoms. The lowest BCUT2D eigenvalue weighted by molar-refractivity contribution is 0.356. The normalized spacial score (nSPS) is 22.8. The van der Waals surface area contributed by atoms with E-state index in [0.29, 0.717) is 19.5 Å². The van der Waals surface area contributed by atoms with Crippen molar-refractivity contribution in [1.82, 2.24) is 19.9 Å². The van der Waals surface area contributed by atoms with E-state index in [-0.39, 0.29) is 6.04 Å². The molecule has 6 nitrogen and oxygen atoms in total. The van der Waals surface area contributed by atoms with Crippen LogP contribution in [0, 0.1) is 0 Å². The fraction of sp³-hybridized carbons (Fsp3) is 0.579. The summed E-state index contributed by atoms with van der Waals surface area (Å²) in [5, 5.41) is 0. The van der Waals surface area contributed by atoms with Gasteiger partial charge in [-0.3, -0.25) is 0 Å². The third-order valence-corrected chi connectivity index (χ3v) is 5.42. The maximum absolute atomic E-state index is 14.2. The molecule has 26 heavy (non-hydrogen) atoms. The number of fused-ring (bicyclic) bond motifs is 1. The number of aryl methyl sites for hydroxylation is 1. The van der Waals surface area contributed by atoms with Crippen molar-refractivity contribution in [1.29, 1.82) is 0 Å². The number of nitrogens with zero attached hydrogens (tertiary/aromatic N) is 6. The number of hydrogen-bond donors (Lipinski definition) is 0. The summed E-state index contributed by atoms with van der Waals surface area (Å²) in [7, 11) is 2.05. The average Bonchev–Trinajstić information content (AvgIpc) is 2.87. The summed E-state index contributed by atoms with van der Waals surface area (Å²) < 4.78 is 14.2. The Hall–Kier alpha value is -2.31. The van der Waals surface area contributed by atoms with Crippen molar-refractivity contribution >= 4 is 11.6 Å². The van der Waals surface area contributed by atoms with Crippen LogP contribution in [0.5, 0.6) is 0 Å². The Morgan fingerprint density at radius 1 is 1.15 bits per heavy atom. The van der Waals surface area contributed by atoms with E-state index in [1.54, 1.807) is 12.5 Å². The van der Waals surface area contributed by atoms with Crippen molar-refractivity contribution in [2.45, 2.75) is 50.7 Å². The van der Waals surface area contributed by atoms with E-state index in [0.717, 1.165) is 24.5 Å². The zero-order valence-corrected chi connectivity index (χ0v) is 15.2. The van der Waals surface area contributed by atoms with Gasteiger partial charge in [0.1, 0.15) is 30.5 Å². The molecule has 1 aliphatic carbocycles. The van der Waals surface area contributed by atoms with E-state index in [9.17, 15) is 4.39 Å². The fourth-order valence-electron chi connectivity index (χ4n) is 4.18. The van der Waals surface area contributed by atoms with Gasteiger partial charge in [-0.1, -0.05) is 6.42 Å². The Bertz CT molecular complexity index is 740. The van der Waals surface area contributed by atoms with E-state index in [1.165, 1.54) is 36.8 Å². The molecule has 3 heterocycles. The molecule has 2 aliphatic rings. The van der Waals surface area contributed by atoms with Crippen molar-refractivity contribution < 1.29 is 4.39 Å². The highest BCUT2D eigenvalue weighted by Gasteiger charge is 2.34. The van der Waals surface area contributed by atoms with Gasteiger partial charge >= 0.3 is 0 Å². The molecule has 0 amide bonds. The van der Waals surface area contributed by atoms with Crippen molar-refractivity contribution in [2.75, 3.05) is 29.9 Å². The second-order valence-electron chi connectivity index (χ2n) is 7.27. The first-order valence-corrected chi connectivity index (χ1v) is 9.43. The first kappa shape index (κ1) is 17.1. The van der Waals surface area contributed by atoms with Gasteiger partial charge in [0, 0.05) is 37.5 Å². The van der Waals surface area contributed by atoms with Crippen LogP contribution < -0.4 is 9.80 Å². The van der Waals surface area contributed by atoms with E-state index < -0.39 is 6.17 Å². The van der Waals surface area contributed by atoms with Crippen LogP contribution in [0.3, 0.4) is 0 Å². The molecule has 0 bridgehead atoms. The van der Waals surface area contributed by atoms with Crippen LogP contribution >= 0.6 is 0 Å². The summed E-state index contributed by atoms with van der Waals surface area (Å²) >= 11 is 0. The van der Waals surface area contributed by atoms with Gasteiger partial charge in [0.2, 0.25) is 0 Å². The number of alkyl halides is 1. The first-order valence-electron chi connectivity index (χ1n) is 9.43. The van der Waals surface area contributed by atoms with Crippen LogP contribution in [0.15, 0.2) is 24.9 Å². The van der Waals surface area contributed by atoms with E-state index >= 15 is 0 Å². The third-order valence-electron chi connectivity index (χ3n) is 5.42. The average molecular weight is 356 g/mol.